The maximum atomic E-state index is 14.7. The van der Waals surface area contributed by atoms with Crippen LogP contribution in [0.15, 0.2) is 66.7 Å². The standard InChI is InChI=1S/C25H22F2N2O/c1-3-19(16-8-6-5-7-9-16)24(18-11-13-23(30-4-2)21(26)15-18)17-10-12-22-20(14-17)25(27)29-28-22/h5-15H,3-4H2,1-2H3,(H,28,29)/b24-19-. The molecule has 0 unspecified atom stereocenters. The van der Waals surface area contributed by atoms with Crippen molar-refractivity contribution in [3.8, 4) is 5.75 Å². The first-order valence-corrected chi connectivity index (χ1v) is 9.97. The summed E-state index contributed by atoms with van der Waals surface area (Å²) in [6.45, 7) is 4.27. The fourth-order valence-electron chi connectivity index (χ4n) is 3.74. The molecule has 3 nitrogen and oxygen atoms in total. The Morgan fingerprint density at radius 3 is 2.33 bits per heavy atom. The van der Waals surface area contributed by atoms with Crippen molar-refractivity contribution in [2.24, 2.45) is 0 Å². The number of H-pyrrole nitrogens is 1. The van der Waals surface area contributed by atoms with E-state index in [0.717, 1.165) is 28.7 Å². The van der Waals surface area contributed by atoms with Crippen LogP contribution < -0.4 is 4.74 Å². The van der Waals surface area contributed by atoms with E-state index >= 15 is 0 Å². The molecule has 0 aliphatic carbocycles. The average Bonchev–Trinajstić information content (AvgIpc) is 3.14. The number of aromatic nitrogens is 2. The predicted octanol–water partition coefficient (Wildman–Crippen LogP) is 6.61. The van der Waals surface area contributed by atoms with Crippen molar-refractivity contribution in [1.82, 2.24) is 10.2 Å². The second kappa shape index (κ2) is 8.49. The van der Waals surface area contributed by atoms with Crippen LogP contribution in [0.1, 0.15) is 37.0 Å². The highest BCUT2D eigenvalue weighted by Gasteiger charge is 2.17. The first kappa shape index (κ1) is 19.8. The third-order valence-corrected chi connectivity index (χ3v) is 5.09. The zero-order valence-corrected chi connectivity index (χ0v) is 16.9. The summed E-state index contributed by atoms with van der Waals surface area (Å²) >= 11 is 0. The van der Waals surface area contributed by atoms with Gasteiger partial charge in [0.15, 0.2) is 11.6 Å². The van der Waals surface area contributed by atoms with Gasteiger partial charge in [-0.2, -0.15) is 9.49 Å². The van der Waals surface area contributed by atoms with Crippen LogP contribution in [0.25, 0.3) is 22.0 Å². The third kappa shape index (κ3) is 3.71. The molecule has 0 saturated carbocycles. The number of nitrogens with zero attached hydrogens (tertiary/aromatic N) is 1. The number of rotatable bonds is 6. The lowest BCUT2D eigenvalue weighted by molar-refractivity contribution is 0.321. The van der Waals surface area contributed by atoms with Crippen LogP contribution in [0.3, 0.4) is 0 Å². The summed E-state index contributed by atoms with van der Waals surface area (Å²) < 4.78 is 34.3. The molecule has 3 aromatic carbocycles. The molecule has 0 aliphatic rings. The van der Waals surface area contributed by atoms with Crippen LogP contribution in [0.2, 0.25) is 0 Å². The molecular weight excluding hydrogens is 382 g/mol. The molecule has 0 bridgehead atoms. The van der Waals surface area contributed by atoms with Crippen molar-refractivity contribution in [1.29, 1.82) is 0 Å². The van der Waals surface area contributed by atoms with E-state index in [0.29, 0.717) is 23.1 Å². The summed E-state index contributed by atoms with van der Waals surface area (Å²) in [5.74, 6) is -0.692. The lowest BCUT2D eigenvalue weighted by atomic mass is 9.87. The van der Waals surface area contributed by atoms with E-state index < -0.39 is 11.8 Å². The van der Waals surface area contributed by atoms with Crippen LogP contribution in [0.5, 0.6) is 5.75 Å². The van der Waals surface area contributed by atoms with Crippen LogP contribution in [0, 0.1) is 11.8 Å². The molecule has 4 aromatic rings. The molecule has 0 saturated heterocycles. The lowest BCUT2D eigenvalue weighted by Crippen LogP contribution is -1.98. The van der Waals surface area contributed by atoms with E-state index in [1.54, 1.807) is 18.2 Å². The largest absolute Gasteiger partial charge is 0.491 e. The zero-order chi connectivity index (χ0) is 21.1. The Morgan fingerprint density at radius 1 is 0.900 bits per heavy atom. The van der Waals surface area contributed by atoms with E-state index in [9.17, 15) is 8.78 Å². The number of fused-ring (bicyclic) bond motifs is 1. The summed E-state index contributed by atoms with van der Waals surface area (Å²) in [5, 5.41) is 6.75. The maximum Gasteiger partial charge on any atom is 0.216 e. The fraction of sp³-hybridized carbons (Fsp3) is 0.160. The number of hydrogen-bond acceptors (Lipinski definition) is 2. The van der Waals surface area contributed by atoms with E-state index in [2.05, 4.69) is 17.1 Å². The zero-order valence-electron chi connectivity index (χ0n) is 16.9. The molecule has 0 radical (unpaired) electrons. The highest BCUT2D eigenvalue weighted by molar-refractivity contribution is 6.00. The second-order valence-corrected chi connectivity index (χ2v) is 6.92. The molecule has 1 N–H and O–H groups in total. The van der Waals surface area contributed by atoms with Gasteiger partial charge in [0.25, 0.3) is 0 Å². The number of nitrogens with one attached hydrogen (secondary N) is 1. The van der Waals surface area contributed by atoms with Crippen LogP contribution >= 0.6 is 0 Å². The summed E-state index contributed by atoms with van der Waals surface area (Å²) in [5.41, 5.74) is 4.99. The van der Waals surface area contributed by atoms with E-state index in [4.69, 9.17) is 4.74 Å². The molecule has 30 heavy (non-hydrogen) atoms. The summed E-state index contributed by atoms with van der Waals surface area (Å²) in [6.07, 6.45) is 0.722. The van der Waals surface area contributed by atoms with Gasteiger partial charge in [-0.15, -0.1) is 0 Å². The Morgan fingerprint density at radius 2 is 1.63 bits per heavy atom. The Kier molecular flexibility index (Phi) is 5.61. The number of halogens is 2. The molecule has 152 valence electrons. The van der Waals surface area contributed by atoms with Gasteiger partial charge in [0, 0.05) is 0 Å². The normalized spacial score (nSPS) is 12.1. The van der Waals surface area contributed by atoms with Gasteiger partial charge in [-0.25, -0.2) is 4.39 Å². The molecule has 4 rings (SSSR count). The molecule has 1 heterocycles. The van der Waals surface area contributed by atoms with Crippen LogP contribution in [0.4, 0.5) is 8.78 Å². The molecule has 0 fully saturated rings. The van der Waals surface area contributed by atoms with E-state index in [-0.39, 0.29) is 5.75 Å². The van der Waals surface area contributed by atoms with Gasteiger partial charge in [0.1, 0.15) is 0 Å². The van der Waals surface area contributed by atoms with Gasteiger partial charge < -0.3 is 4.74 Å². The fourth-order valence-corrected chi connectivity index (χ4v) is 3.74. The number of allylic oxidation sites excluding steroid dienone is 1. The Bertz CT molecular complexity index is 1210. The summed E-state index contributed by atoms with van der Waals surface area (Å²) in [7, 11) is 0. The van der Waals surface area contributed by atoms with Crippen LogP contribution in [-0.2, 0) is 0 Å². The van der Waals surface area contributed by atoms with Crippen molar-refractivity contribution >= 4 is 22.0 Å². The van der Waals surface area contributed by atoms with E-state index in [1.165, 1.54) is 6.07 Å². The smallest absolute Gasteiger partial charge is 0.216 e. The number of ether oxygens (including phenoxy) is 1. The van der Waals surface area contributed by atoms with Crippen molar-refractivity contribution in [3.05, 3.63) is 95.2 Å². The predicted molar refractivity (Wildman–Crippen MR) is 116 cm³/mol. The Hall–Kier alpha value is -3.47. The SMILES string of the molecule is CCOc1ccc(/C(=C(/CC)c2ccccc2)c2ccc3n[nH]c(F)c3c2)cc1F. The first-order chi connectivity index (χ1) is 14.6. The molecular formula is C25H22F2N2O. The number of aromatic amines is 1. The average molecular weight is 404 g/mol. The minimum Gasteiger partial charge on any atom is -0.491 e. The van der Waals surface area contributed by atoms with Crippen molar-refractivity contribution < 1.29 is 13.5 Å². The summed E-state index contributed by atoms with van der Waals surface area (Å²) in [6, 6.07) is 20.4. The van der Waals surface area contributed by atoms with E-state index in [1.807, 2.05) is 49.4 Å². The Labute approximate surface area is 174 Å². The highest BCUT2D eigenvalue weighted by Crippen LogP contribution is 2.37. The molecule has 0 spiro atoms. The van der Waals surface area contributed by atoms with Crippen molar-refractivity contribution in [2.75, 3.05) is 6.61 Å². The minimum atomic E-state index is -0.484. The highest BCUT2D eigenvalue weighted by atomic mass is 19.1. The maximum absolute atomic E-state index is 14.7. The second-order valence-electron chi connectivity index (χ2n) is 6.92. The van der Waals surface area contributed by atoms with Gasteiger partial charge in [-0.1, -0.05) is 49.4 Å². The summed E-state index contributed by atoms with van der Waals surface area (Å²) in [4.78, 5) is 0. The van der Waals surface area contributed by atoms with Gasteiger partial charge in [-0.3, -0.25) is 5.10 Å². The Balaban J connectivity index is 1.98. The molecule has 0 atom stereocenters. The topological polar surface area (TPSA) is 37.9 Å². The molecule has 0 amide bonds. The lowest BCUT2D eigenvalue weighted by Gasteiger charge is -2.17. The van der Waals surface area contributed by atoms with Gasteiger partial charge in [-0.05, 0) is 65.4 Å². The number of benzene rings is 3. The minimum absolute atomic E-state index is 0.217. The molecule has 0 aliphatic heterocycles. The van der Waals surface area contributed by atoms with Gasteiger partial charge >= 0.3 is 0 Å². The molecule has 5 heteroatoms. The van der Waals surface area contributed by atoms with Gasteiger partial charge in [0.2, 0.25) is 5.95 Å². The first-order valence-electron chi connectivity index (χ1n) is 9.97. The third-order valence-electron chi connectivity index (χ3n) is 5.09. The van der Waals surface area contributed by atoms with Crippen molar-refractivity contribution in [2.45, 2.75) is 20.3 Å². The molecule has 1 aromatic heterocycles. The quantitative estimate of drug-likeness (QED) is 0.367. The van der Waals surface area contributed by atoms with Crippen molar-refractivity contribution in [3.63, 3.8) is 0 Å². The van der Waals surface area contributed by atoms with Crippen LogP contribution in [-0.4, -0.2) is 16.8 Å². The van der Waals surface area contributed by atoms with Gasteiger partial charge in [0.05, 0.1) is 17.5 Å². The number of hydrogen-bond donors (Lipinski definition) is 1. The monoisotopic (exact) mass is 404 g/mol.